The molecule has 1 fully saturated rings. The monoisotopic (exact) mass is 278 g/mol. The maximum Gasteiger partial charge on any atom is 0.253 e. The van der Waals surface area contributed by atoms with Gasteiger partial charge in [-0.2, -0.15) is 0 Å². The molecule has 0 bridgehead atoms. The number of hydrogen-bond donors (Lipinski definition) is 2. The van der Waals surface area contributed by atoms with Gasteiger partial charge in [0.25, 0.3) is 5.91 Å². The highest BCUT2D eigenvalue weighted by Crippen LogP contribution is 2.18. The molecule has 0 atom stereocenters. The molecule has 5 nitrogen and oxygen atoms in total. The third-order valence-corrected chi connectivity index (χ3v) is 3.52. The predicted octanol–water partition coefficient (Wildman–Crippen LogP) is 1.36. The van der Waals surface area contributed by atoms with E-state index in [0.29, 0.717) is 31.8 Å². The lowest BCUT2D eigenvalue weighted by molar-refractivity contribution is 0.00843. The molecule has 0 aromatic heterocycles. The maximum atomic E-state index is 12.3. The third kappa shape index (κ3) is 3.95. The van der Waals surface area contributed by atoms with E-state index in [9.17, 15) is 9.90 Å². The van der Waals surface area contributed by atoms with Crippen molar-refractivity contribution in [2.75, 3.05) is 26.2 Å². The van der Waals surface area contributed by atoms with Gasteiger partial charge in [-0.3, -0.25) is 4.79 Å². The summed E-state index contributed by atoms with van der Waals surface area (Å²) in [6, 6.07) is 6.48. The Morgan fingerprint density at radius 3 is 2.80 bits per heavy atom. The average molecular weight is 278 g/mol. The van der Waals surface area contributed by atoms with Gasteiger partial charge in [-0.05, 0) is 44.0 Å². The second kappa shape index (κ2) is 7.26. The average Bonchev–Trinajstić information content (AvgIpc) is 2.47. The standard InChI is InChI=1S/C15H22N2O3/c16-7-2-10-20-14-5-8-17(9-6-14)15(19)12-3-1-4-13(18)11-12/h1,3-4,11,14,18H,2,5-10,16H2. The summed E-state index contributed by atoms with van der Waals surface area (Å²) in [5, 5.41) is 9.42. The van der Waals surface area contributed by atoms with Gasteiger partial charge in [0.1, 0.15) is 5.75 Å². The van der Waals surface area contributed by atoms with Gasteiger partial charge >= 0.3 is 0 Å². The number of nitrogens with zero attached hydrogens (tertiary/aromatic N) is 1. The minimum atomic E-state index is -0.0266. The van der Waals surface area contributed by atoms with Crippen LogP contribution in [0.25, 0.3) is 0 Å². The fourth-order valence-electron chi connectivity index (χ4n) is 2.38. The minimum absolute atomic E-state index is 0.0266. The molecule has 1 saturated heterocycles. The Kier molecular flexibility index (Phi) is 5.38. The summed E-state index contributed by atoms with van der Waals surface area (Å²) in [6.07, 6.45) is 2.82. The van der Waals surface area contributed by atoms with Crippen LogP contribution >= 0.6 is 0 Å². The molecule has 0 saturated carbocycles. The van der Waals surface area contributed by atoms with E-state index in [1.807, 2.05) is 4.90 Å². The minimum Gasteiger partial charge on any atom is -0.508 e. The van der Waals surface area contributed by atoms with E-state index in [1.54, 1.807) is 18.2 Å². The number of carbonyl (C=O) groups excluding carboxylic acids is 1. The molecule has 5 heteroatoms. The second-order valence-electron chi connectivity index (χ2n) is 5.05. The summed E-state index contributed by atoms with van der Waals surface area (Å²) in [5.74, 6) is 0.0946. The molecule has 110 valence electrons. The van der Waals surface area contributed by atoms with Crippen LogP contribution in [0.3, 0.4) is 0 Å². The number of ether oxygens (including phenoxy) is 1. The largest absolute Gasteiger partial charge is 0.508 e. The van der Waals surface area contributed by atoms with Gasteiger partial charge in [-0.1, -0.05) is 6.07 Å². The molecule has 1 heterocycles. The summed E-state index contributed by atoms with van der Waals surface area (Å²) in [5.41, 5.74) is 5.96. The molecule has 0 radical (unpaired) electrons. The molecule has 0 unspecified atom stereocenters. The van der Waals surface area contributed by atoms with Crippen LogP contribution in [0, 0.1) is 0 Å². The number of amides is 1. The van der Waals surface area contributed by atoms with Gasteiger partial charge in [0.15, 0.2) is 0 Å². The molecule has 1 aliphatic rings. The van der Waals surface area contributed by atoms with E-state index in [4.69, 9.17) is 10.5 Å². The number of carbonyl (C=O) groups is 1. The zero-order chi connectivity index (χ0) is 14.4. The maximum absolute atomic E-state index is 12.3. The molecular weight excluding hydrogens is 256 g/mol. The quantitative estimate of drug-likeness (QED) is 0.797. The smallest absolute Gasteiger partial charge is 0.253 e. The van der Waals surface area contributed by atoms with E-state index in [2.05, 4.69) is 0 Å². The first-order chi connectivity index (χ1) is 9.70. The van der Waals surface area contributed by atoms with Crippen LogP contribution in [0.15, 0.2) is 24.3 Å². The van der Waals surface area contributed by atoms with Gasteiger partial charge < -0.3 is 20.5 Å². The first-order valence-corrected chi connectivity index (χ1v) is 7.10. The van der Waals surface area contributed by atoms with Crippen LogP contribution in [0.5, 0.6) is 5.75 Å². The number of likely N-dealkylation sites (tertiary alicyclic amines) is 1. The zero-order valence-electron chi connectivity index (χ0n) is 11.6. The molecule has 1 amide bonds. The van der Waals surface area contributed by atoms with Gasteiger partial charge in [0.2, 0.25) is 0 Å². The molecular formula is C15H22N2O3. The summed E-state index contributed by atoms with van der Waals surface area (Å²) in [6.45, 7) is 2.74. The summed E-state index contributed by atoms with van der Waals surface area (Å²) < 4.78 is 5.72. The van der Waals surface area contributed by atoms with Crippen LogP contribution in [-0.4, -0.2) is 48.3 Å². The molecule has 2 rings (SSSR count). The van der Waals surface area contributed by atoms with Crippen LogP contribution in [0.2, 0.25) is 0 Å². The summed E-state index contributed by atoms with van der Waals surface area (Å²) >= 11 is 0. The molecule has 20 heavy (non-hydrogen) atoms. The highest BCUT2D eigenvalue weighted by Gasteiger charge is 2.23. The summed E-state index contributed by atoms with van der Waals surface area (Å²) in [4.78, 5) is 14.1. The Balaban J connectivity index is 1.83. The number of phenolic OH excluding ortho intramolecular Hbond substituents is 1. The molecule has 0 spiro atoms. The normalized spacial score (nSPS) is 16.4. The van der Waals surface area contributed by atoms with Crippen LogP contribution in [0.4, 0.5) is 0 Å². The van der Waals surface area contributed by atoms with E-state index < -0.39 is 0 Å². The Morgan fingerprint density at radius 2 is 2.15 bits per heavy atom. The number of hydrogen-bond acceptors (Lipinski definition) is 4. The molecule has 3 N–H and O–H groups in total. The number of piperidine rings is 1. The Hall–Kier alpha value is -1.59. The SMILES string of the molecule is NCCCOC1CCN(C(=O)c2cccc(O)c2)CC1. The van der Waals surface area contributed by atoms with Crippen molar-refractivity contribution in [2.45, 2.75) is 25.4 Å². The Morgan fingerprint density at radius 1 is 1.40 bits per heavy atom. The lowest BCUT2D eigenvalue weighted by atomic mass is 10.1. The number of aromatic hydroxyl groups is 1. The molecule has 1 aromatic carbocycles. The van der Waals surface area contributed by atoms with Crippen LogP contribution in [-0.2, 0) is 4.74 Å². The van der Waals surface area contributed by atoms with Gasteiger partial charge in [0.05, 0.1) is 6.10 Å². The van der Waals surface area contributed by atoms with Crippen molar-refractivity contribution in [3.8, 4) is 5.75 Å². The Labute approximate surface area is 119 Å². The lowest BCUT2D eigenvalue weighted by Gasteiger charge is -2.32. The number of nitrogens with two attached hydrogens (primary N) is 1. The van der Waals surface area contributed by atoms with E-state index in [0.717, 1.165) is 19.3 Å². The molecule has 1 aromatic rings. The zero-order valence-corrected chi connectivity index (χ0v) is 11.6. The van der Waals surface area contributed by atoms with Crippen LogP contribution in [0.1, 0.15) is 29.6 Å². The molecule has 1 aliphatic heterocycles. The summed E-state index contributed by atoms with van der Waals surface area (Å²) in [7, 11) is 0. The van der Waals surface area contributed by atoms with Crippen molar-refractivity contribution < 1.29 is 14.6 Å². The Bertz CT molecular complexity index is 442. The van der Waals surface area contributed by atoms with Crippen molar-refractivity contribution in [3.63, 3.8) is 0 Å². The second-order valence-corrected chi connectivity index (χ2v) is 5.05. The predicted molar refractivity (Wildman–Crippen MR) is 76.7 cm³/mol. The van der Waals surface area contributed by atoms with Crippen molar-refractivity contribution >= 4 is 5.91 Å². The lowest BCUT2D eigenvalue weighted by Crippen LogP contribution is -2.41. The highest BCUT2D eigenvalue weighted by atomic mass is 16.5. The fraction of sp³-hybridized carbons (Fsp3) is 0.533. The van der Waals surface area contributed by atoms with Gasteiger partial charge in [-0.25, -0.2) is 0 Å². The first-order valence-electron chi connectivity index (χ1n) is 7.10. The number of phenols is 1. The fourth-order valence-corrected chi connectivity index (χ4v) is 2.38. The van der Waals surface area contributed by atoms with Crippen molar-refractivity contribution in [1.29, 1.82) is 0 Å². The van der Waals surface area contributed by atoms with E-state index >= 15 is 0 Å². The van der Waals surface area contributed by atoms with Crippen molar-refractivity contribution in [2.24, 2.45) is 5.73 Å². The molecule has 0 aliphatic carbocycles. The van der Waals surface area contributed by atoms with Crippen molar-refractivity contribution in [3.05, 3.63) is 29.8 Å². The van der Waals surface area contributed by atoms with E-state index in [-0.39, 0.29) is 17.8 Å². The van der Waals surface area contributed by atoms with Gasteiger partial charge in [-0.15, -0.1) is 0 Å². The third-order valence-electron chi connectivity index (χ3n) is 3.52. The van der Waals surface area contributed by atoms with Gasteiger partial charge in [0, 0.05) is 25.3 Å². The van der Waals surface area contributed by atoms with E-state index in [1.165, 1.54) is 6.07 Å². The highest BCUT2D eigenvalue weighted by molar-refractivity contribution is 5.94. The number of benzene rings is 1. The number of rotatable bonds is 5. The topological polar surface area (TPSA) is 75.8 Å². The van der Waals surface area contributed by atoms with Crippen LogP contribution < -0.4 is 5.73 Å². The first kappa shape index (κ1) is 14.8. The van der Waals surface area contributed by atoms with Crippen molar-refractivity contribution in [1.82, 2.24) is 4.90 Å².